The van der Waals surface area contributed by atoms with Gasteiger partial charge in [-0.1, -0.05) is 37.6 Å². The number of carbonyl (C=O) groups excluding carboxylic acids is 1. The van der Waals surface area contributed by atoms with Gasteiger partial charge in [0.1, 0.15) is 6.10 Å². The molecule has 0 aliphatic carbocycles. The van der Waals surface area contributed by atoms with Crippen molar-refractivity contribution in [1.29, 1.82) is 0 Å². The summed E-state index contributed by atoms with van der Waals surface area (Å²) in [5.74, 6) is -0.710. The van der Waals surface area contributed by atoms with Gasteiger partial charge in [0.15, 0.2) is 0 Å². The number of benzene rings is 1. The van der Waals surface area contributed by atoms with Gasteiger partial charge in [0, 0.05) is 16.0 Å². The standard InChI is InChI=1S/C14H15ClO3.Na/c1-8-11(16)14(2,3)12(18-13(8)17)9-4-6-10(15)7-5-9;/h4-7,12,16H,1-3H3;/q;+1/p-1. The molecular weight excluding hydrogens is 275 g/mol. The molecule has 19 heavy (non-hydrogen) atoms. The Morgan fingerprint density at radius 3 is 2.32 bits per heavy atom. The van der Waals surface area contributed by atoms with E-state index < -0.39 is 17.5 Å². The zero-order valence-electron chi connectivity index (χ0n) is 11.5. The molecule has 0 aromatic heterocycles. The number of rotatable bonds is 1. The molecule has 1 unspecified atom stereocenters. The van der Waals surface area contributed by atoms with E-state index in [4.69, 9.17) is 16.3 Å². The average molecular weight is 289 g/mol. The Morgan fingerprint density at radius 1 is 1.26 bits per heavy atom. The smallest absolute Gasteiger partial charge is 0.875 e. The van der Waals surface area contributed by atoms with Crippen molar-refractivity contribution >= 4 is 17.6 Å². The van der Waals surface area contributed by atoms with Crippen molar-refractivity contribution in [3.63, 3.8) is 0 Å². The monoisotopic (exact) mass is 288 g/mol. The zero-order valence-corrected chi connectivity index (χ0v) is 14.2. The average Bonchev–Trinajstić information content (AvgIpc) is 2.33. The Kier molecular flexibility index (Phi) is 5.13. The van der Waals surface area contributed by atoms with Gasteiger partial charge in [-0.2, -0.15) is 0 Å². The molecule has 96 valence electrons. The van der Waals surface area contributed by atoms with Gasteiger partial charge < -0.3 is 9.84 Å². The first-order chi connectivity index (χ1) is 8.34. The van der Waals surface area contributed by atoms with Gasteiger partial charge in [-0.15, -0.1) is 5.76 Å². The largest absolute Gasteiger partial charge is 1.00 e. The summed E-state index contributed by atoms with van der Waals surface area (Å²) in [6.45, 7) is 5.07. The molecule has 5 heteroatoms. The molecule has 1 atom stereocenters. The van der Waals surface area contributed by atoms with Crippen molar-refractivity contribution < 1.29 is 44.2 Å². The molecule has 0 bridgehead atoms. The van der Waals surface area contributed by atoms with Crippen LogP contribution in [0.4, 0.5) is 0 Å². The molecule has 2 rings (SSSR count). The predicted molar refractivity (Wildman–Crippen MR) is 66.8 cm³/mol. The zero-order chi connectivity index (χ0) is 13.5. The minimum absolute atomic E-state index is 0. The first-order valence-electron chi connectivity index (χ1n) is 5.69. The number of esters is 1. The second-order valence-electron chi connectivity index (χ2n) is 5.01. The van der Waals surface area contributed by atoms with Crippen LogP contribution in [0.25, 0.3) is 0 Å². The molecule has 0 saturated heterocycles. The maximum absolute atomic E-state index is 12.1. The van der Waals surface area contributed by atoms with E-state index in [0.717, 1.165) is 5.56 Å². The molecule has 0 amide bonds. The Morgan fingerprint density at radius 2 is 1.79 bits per heavy atom. The normalized spacial score (nSPS) is 21.7. The number of halogens is 1. The fourth-order valence-corrected chi connectivity index (χ4v) is 2.29. The van der Waals surface area contributed by atoms with E-state index in [0.29, 0.717) is 5.02 Å². The molecular formula is C14H14ClNaO3. The summed E-state index contributed by atoms with van der Waals surface area (Å²) in [7, 11) is 0. The molecule has 0 radical (unpaired) electrons. The molecule has 0 spiro atoms. The van der Waals surface area contributed by atoms with E-state index in [1.807, 2.05) is 0 Å². The van der Waals surface area contributed by atoms with Crippen LogP contribution in [0.1, 0.15) is 32.4 Å². The van der Waals surface area contributed by atoms with Crippen molar-refractivity contribution in [2.45, 2.75) is 26.9 Å². The third-order valence-electron chi connectivity index (χ3n) is 3.29. The summed E-state index contributed by atoms with van der Waals surface area (Å²) < 4.78 is 5.37. The van der Waals surface area contributed by atoms with E-state index in [-0.39, 0.29) is 40.9 Å². The van der Waals surface area contributed by atoms with Gasteiger partial charge >= 0.3 is 35.5 Å². The maximum atomic E-state index is 12.1. The summed E-state index contributed by atoms with van der Waals surface area (Å²) in [5.41, 5.74) is 0.176. The number of ether oxygens (including phenoxy) is 1. The van der Waals surface area contributed by atoms with Crippen LogP contribution in [0.3, 0.4) is 0 Å². The van der Waals surface area contributed by atoms with Crippen molar-refractivity contribution in [3.8, 4) is 0 Å². The molecule has 3 nitrogen and oxygen atoms in total. The van der Waals surface area contributed by atoms with Gasteiger partial charge in [-0.25, -0.2) is 4.79 Å². The van der Waals surface area contributed by atoms with Crippen molar-refractivity contribution in [2.24, 2.45) is 5.41 Å². The predicted octanol–water partition coefficient (Wildman–Crippen LogP) is -0.398. The number of carbonyl (C=O) groups is 1. The first-order valence-corrected chi connectivity index (χ1v) is 6.06. The number of hydrogen-bond acceptors (Lipinski definition) is 3. The summed E-state index contributed by atoms with van der Waals surface area (Å²) in [5, 5.41) is 12.7. The van der Waals surface area contributed by atoms with Crippen LogP contribution in [0, 0.1) is 5.41 Å². The third-order valence-corrected chi connectivity index (χ3v) is 3.54. The Bertz CT molecular complexity index is 520. The van der Waals surface area contributed by atoms with E-state index in [1.165, 1.54) is 6.92 Å². The van der Waals surface area contributed by atoms with Crippen LogP contribution >= 0.6 is 11.6 Å². The Labute approximate surface area is 139 Å². The third kappa shape index (κ3) is 3.00. The van der Waals surface area contributed by atoms with Crippen LogP contribution in [0.15, 0.2) is 35.6 Å². The minimum Gasteiger partial charge on any atom is -0.875 e. The first kappa shape index (κ1) is 16.6. The van der Waals surface area contributed by atoms with Crippen LogP contribution in [0.5, 0.6) is 0 Å². The van der Waals surface area contributed by atoms with Crippen LogP contribution in [-0.4, -0.2) is 5.97 Å². The van der Waals surface area contributed by atoms with Gasteiger partial charge in [-0.3, -0.25) is 0 Å². The van der Waals surface area contributed by atoms with E-state index in [2.05, 4.69) is 0 Å². The summed E-state index contributed by atoms with van der Waals surface area (Å²) in [4.78, 5) is 11.6. The SMILES string of the molecule is CC1=C([O-])C(C)(C)C(c2ccc(Cl)cc2)OC1=O.[Na+]. The van der Waals surface area contributed by atoms with Crippen LogP contribution in [0.2, 0.25) is 5.02 Å². The Balaban J connectivity index is 0.00000180. The van der Waals surface area contributed by atoms with Gasteiger partial charge in [-0.05, 0) is 24.6 Å². The molecule has 1 heterocycles. The number of hydrogen-bond donors (Lipinski definition) is 0. The molecule has 0 saturated carbocycles. The molecule has 0 N–H and O–H groups in total. The second-order valence-corrected chi connectivity index (χ2v) is 5.45. The maximum Gasteiger partial charge on any atom is 1.00 e. The van der Waals surface area contributed by atoms with Gasteiger partial charge in [0.2, 0.25) is 0 Å². The summed E-state index contributed by atoms with van der Waals surface area (Å²) in [6, 6.07) is 6.98. The van der Waals surface area contributed by atoms with Gasteiger partial charge in [0.25, 0.3) is 0 Å². The topological polar surface area (TPSA) is 49.4 Å². The fraction of sp³-hybridized carbons (Fsp3) is 0.357. The molecule has 1 aromatic carbocycles. The minimum atomic E-state index is -0.758. The quantitative estimate of drug-likeness (QED) is 0.522. The van der Waals surface area contributed by atoms with Crippen molar-refractivity contribution in [3.05, 3.63) is 46.2 Å². The fourth-order valence-electron chi connectivity index (χ4n) is 2.16. The Hall–Kier alpha value is -0.480. The summed E-state index contributed by atoms with van der Waals surface area (Å²) in [6.07, 6.45) is -0.571. The molecule has 1 aliphatic heterocycles. The second kappa shape index (κ2) is 5.88. The summed E-state index contributed by atoms with van der Waals surface area (Å²) >= 11 is 5.82. The van der Waals surface area contributed by atoms with Crippen molar-refractivity contribution in [1.82, 2.24) is 0 Å². The molecule has 0 fully saturated rings. The van der Waals surface area contributed by atoms with Crippen LogP contribution < -0.4 is 34.7 Å². The van der Waals surface area contributed by atoms with Crippen LogP contribution in [-0.2, 0) is 9.53 Å². The molecule has 1 aromatic rings. The van der Waals surface area contributed by atoms with Gasteiger partial charge in [0.05, 0.1) is 0 Å². The number of cyclic esters (lactones) is 1. The van der Waals surface area contributed by atoms with E-state index in [1.54, 1.807) is 38.1 Å². The van der Waals surface area contributed by atoms with Crippen molar-refractivity contribution in [2.75, 3.05) is 0 Å². The molecule has 1 aliphatic rings. The van der Waals surface area contributed by atoms with E-state index >= 15 is 0 Å². The van der Waals surface area contributed by atoms with E-state index in [9.17, 15) is 9.90 Å².